The van der Waals surface area contributed by atoms with Crippen molar-refractivity contribution < 1.29 is 0 Å². The van der Waals surface area contributed by atoms with Crippen molar-refractivity contribution in [2.24, 2.45) is 5.84 Å². The third-order valence-corrected chi connectivity index (χ3v) is 3.15. The van der Waals surface area contributed by atoms with Gasteiger partial charge in [-0.05, 0) is 29.8 Å². The molecule has 0 aliphatic heterocycles. The van der Waals surface area contributed by atoms with Gasteiger partial charge in [0.05, 0.1) is 24.2 Å². The Morgan fingerprint density at radius 1 is 1.11 bits per heavy atom. The molecule has 0 fully saturated rings. The molecule has 4 heteroatoms. The lowest BCUT2D eigenvalue weighted by Crippen LogP contribution is -2.34. The Bertz CT molecular complexity index is 560. The Morgan fingerprint density at radius 3 is 2.32 bits per heavy atom. The molecule has 0 aliphatic carbocycles. The van der Waals surface area contributed by atoms with Gasteiger partial charge in [-0.1, -0.05) is 41.9 Å². The minimum atomic E-state index is -0.289. The highest BCUT2D eigenvalue weighted by atomic mass is 35.5. The van der Waals surface area contributed by atoms with Crippen LogP contribution in [0.3, 0.4) is 0 Å². The van der Waals surface area contributed by atoms with Crippen LogP contribution in [0.4, 0.5) is 5.69 Å². The summed E-state index contributed by atoms with van der Waals surface area (Å²) < 4.78 is 0. The van der Waals surface area contributed by atoms with E-state index in [1.165, 1.54) is 0 Å². The highest BCUT2D eigenvalue weighted by molar-refractivity contribution is 6.30. The number of benzene rings is 2. The number of para-hydroxylation sites is 1. The van der Waals surface area contributed by atoms with Gasteiger partial charge in [0.25, 0.3) is 0 Å². The number of hydrogen-bond acceptors (Lipinski definition) is 3. The summed E-state index contributed by atoms with van der Waals surface area (Å²) in [5, 5.41) is 11.5. The van der Waals surface area contributed by atoms with Crippen LogP contribution < -0.4 is 10.9 Å². The van der Waals surface area contributed by atoms with Crippen LogP contribution in [0.5, 0.6) is 0 Å². The zero-order valence-electron chi connectivity index (χ0n) is 10.3. The van der Waals surface area contributed by atoms with E-state index in [0.29, 0.717) is 11.6 Å². The van der Waals surface area contributed by atoms with Crippen molar-refractivity contribution in [3.05, 3.63) is 65.2 Å². The molecule has 3 nitrogen and oxygen atoms in total. The molecule has 0 saturated heterocycles. The van der Waals surface area contributed by atoms with Gasteiger partial charge in [0.2, 0.25) is 0 Å². The molecule has 0 spiro atoms. The van der Waals surface area contributed by atoms with E-state index < -0.39 is 0 Å². The molecule has 1 unspecified atom stereocenters. The fourth-order valence-corrected chi connectivity index (χ4v) is 1.96. The maximum atomic E-state index is 9.28. The van der Waals surface area contributed by atoms with Gasteiger partial charge >= 0.3 is 0 Å². The molecule has 0 heterocycles. The second kappa shape index (κ2) is 6.24. The van der Waals surface area contributed by atoms with Crippen molar-refractivity contribution in [2.45, 2.75) is 5.92 Å². The Labute approximate surface area is 117 Å². The number of halogens is 1. The summed E-state index contributed by atoms with van der Waals surface area (Å²) in [4.78, 5) is 0. The largest absolute Gasteiger partial charge is 0.309 e. The molecule has 96 valence electrons. The molecule has 0 saturated carbocycles. The van der Waals surface area contributed by atoms with E-state index in [9.17, 15) is 5.26 Å². The summed E-state index contributed by atoms with van der Waals surface area (Å²) in [7, 11) is 0. The molecule has 0 radical (unpaired) electrons. The van der Waals surface area contributed by atoms with Crippen LogP contribution in [0, 0.1) is 11.3 Å². The molecule has 0 aromatic heterocycles. The lowest BCUT2D eigenvalue weighted by atomic mass is 10.0. The summed E-state index contributed by atoms with van der Waals surface area (Å²) in [6.07, 6.45) is 0. The smallest absolute Gasteiger partial charge is 0.0903 e. The first-order valence-electron chi connectivity index (χ1n) is 5.93. The van der Waals surface area contributed by atoms with E-state index in [-0.39, 0.29) is 5.92 Å². The summed E-state index contributed by atoms with van der Waals surface area (Å²) >= 11 is 5.84. The zero-order chi connectivity index (χ0) is 13.7. The third-order valence-electron chi connectivity index (χ3n) is 2.90. The Hall–Kier alpha value is -2.02. The minimum absolute atomic E-state index is 0.289. The van der Waals surface area contributed by atoms with Gasteiger partial charge in [-0.25, -0.2) is 5.84 Å². The molecule has 0 amide bonds. The fraction of sp³-hybridized carbons (Fsp3) is 0.133. The highest BCUT2D eigenvalue weighted by Gasteiger charge is 2.14. The van der Waals surface area contributed by atoms with E-state index in [1.54, 1.807) is 17.1 Å². The van der Waals surface area contributed by atoms with E-state index in [1.807, 2.05) is 42.5 Å². The summed E-state index contributed by atoms with van der Waals surface area (Å²) in [5.74, 6) is 5.71. The number of hydrogen-bond donors (Lipinski definition) is 1. The van der Waals surface area contributed by atoms with E-state index >= 15 is 0 Å². The summed E-state index contributed by atoms with van der Waals surface area (Å²) in [5.41, 5.74) is 1.80. The van der Waals surface area contributed by atoms with Crippen molar-refractivity contribution >= 4 is 17.3 Å². The second-order valence-electron chi connectivity index (χ2n) is 4.22. The van der Waals surface area contributed by atoms with Gasteiger partial charge in [-0.15, -0.1) is 0 Å². The predicted molar refractivity (Wildman–Crippen MR) is 77.8 cm³/mol. The number of nitrogens with zero attached hydrogens (tertiary/aromatic N) is 2. The first-order chi connectivity index (χ1) is 9.20. The van der Waals surface area contributed by atoms with Crippen LogP contribution in [0.15, 0.2) is 54.6 Å². The average Bonchev–Trinajstić information content (AvgIpc) is 2.46. The monoisotopic (exact) mass is 271 g/mol. The lowest BCUT2D eigenvalue weighted by Gasteiger charge is -2.21. The first kappa shape index (κ1) is 13.4. The molecular formula is C15H14ClN3. The molecule has 2 aromatic rings. The normalized spacial score (nSPS) is 11.6. The third kappa shape index (κ3) is 3.47. The molecule has 0 aliphatic rings. The molecular weight excluding hydrogens is 258 g/mol. The number of nitrogens with two attached hydrogens (primary N) is 1. The van der Waals surface area contributed by atoms with Crippen LogP contribution in [-0.4, -0.2) is 6.54 Å². The van der Waals surface area contributed by atoms with Gasteiger partial charge in [-0.2, -0.15) is 5.26 Å². The maximum absolute atomic E-state index is 9.28. The first-order valence-corrected chi connectivity index (χ1v) is 6.31. The van der Waals surface area contributed by atoms with Crippen LogP contribution in [0.2, 0.25) is 5.02 Å². The van der Waals surface area contributed by atoms with Crippen LogP contribution in [0.1, 0.15) is 11.5 Å². The van der Waals surface area contributed by atoms with Crippen LogP contribution >= 0.6 is 11.6 Å². The van der Waals surface area contributed by atoms with Gasteiger partial charge in [0, 0.05) is 5.02 Å². The standard InChI is InChI=1S/C15H14ClN3/c16-14-8-6-12(7-9-14)13(10-17)11-19(18)15-4-2-1-3-5-15/h1-9,13H,11,18H2. The van der Waals surface area contributed by atoms with Crippen molar-refractivity contribution in [1.29, 1.82) is 5.26 Å². The molecule has 2 N–H and O–H groups in total. The Morgan fingerprint density at radius 2 is 1.74 bits per heavy atom. The quantitative estimate of drug-likeness (QED) is 0.685. The molecule has 1 atom stereocenters. The topological polar surface area (TPSA) is 53.0 Å². The molecule has 2 rings (SSSR count). The number of rotatable bonds is 4. The predicted octanol–water partition coefficient (Wildman–Crippen LogP) is 3.33. The van der Waals surface area contributed by atoms with E-state index in [0.717, 1.165) is 11.3 Å². The van der Waals surface area contributed by atoms with Crippen molar-refractivity contribution in [2.75, 3.05) is 11.6 Å². The second-order valence-corrected chi connectivity index (χ2v) is 4.66. The van der Waals surface area contributed by atoms with Crippen molar-refractivity contribution in [1.82, 2.24) is 0 Å². The fourth-order valence-electron chi connectivity index (χ4n) is 1.84. The summed E-state index contributed by atoms with van der Waals surface area (Å²) in [6.45, 7) is 0.433. The summed E-state index contributed by atoms with van der Waals surface area (Å²) in [6, 6.07) is 19.1. The average molecular weight is 272 g/mol. The lowest BCUT2D eigenvalue weighted by molar-refractivity contribution is 0.766. The number of nitriles is 1. The van der Waals surface area contributed by atoms with Gasteiger partial charge in [-0.3, -0.25) is 0 Å². The highest BCUT2D eigenvalue weighted by Crippen LogP contribution is 2.20. The van der Waals surface area contributed by atoms with Gasteiger partial charge in [0.15, 0.2) is 0 Å². The molecule has 19 heavy (non-hydrogen) atoms. The molecule has 2 aromatic carbocycles. The number of hydrazine groups is 1. The van der Waals surface area contributed by atoms with Gasteiger partial charge in [0.1, 0.15) is 0 Å². The van der Waals surface area contributed by atoms with E-state index in [4.69, 9.17) is 17.4 Å². The van der Waals surface area contributed by atoms with Crippen LogP contribution in [-0.2, 0) is 0 Å². The van der Waals surface area contributed by atoms with Crippen LogP contribution in [0.25, 0.3) is 0 Å². The zero-order valence-corrected chi connectivity index (χ0v) is 11.1. The Kier molecular flexibility index (Phi) is 4.40. The van der Waals surface area contributed by atoms with Gasteiger partial charge < -0.3 is 5.01 Å². The molecule has 0 bridgehead atoms. The number of anilines is 1. The maximum Gasteiger partial charge on any atom is 0.0903 e. The van der Waals surface area contributed by atoms with E-state index in [2.05, 4.69) is 6.07 Å². The van der Waals surface area contributed by atoms with Crippen molar-refractivity contribution in [3.8, 4) is 6.07 Å². The minimum Gasteiger partial charge on any atom is -0.309 e. The van der Waals surface area contributed by atoms with Crippen molar-refractivity contribution in [3.63, 3.8) is 0 Å². The Balaban J connectivity index is 2.12. The SMILES string of the molecule is N#CC(CN(N)c1ccccc1)c1ccc(Cl)cc1.